The predicted molar refractivity (Wildman–Crippen MR) is 155 cm³/mol. The number of benzene rings is 2. The fourth-order valence-corrected chi connectivity index (χ4v) is 7.08. The van der Waals surface area contributed by atoms with Crippen LogP contribution < -0.4 is 0 Å². The van der Waals surface area contributed by atoms with E-state index in [0.717, 1.165) is 57.4 Å². The van der Waals surface area contributed by atoms with Crippen molar-refractivity contribution in [3.63, 3.8) is 0 Å². The molecule has 3 aromatic rings. The Hall–Kier alpha value is -4.00. The van der Waals surface area contributed by atoms with Gasteiger partial charge in [0.15, 0.2) is 11.6 Å². The summed E-state index contributed by atoms with van der Waals surface area (Å²) in [6.45, 7) is 9.00. The summed E-state index contributed by atoms with van der Waals surface area (Å²) < 4.78 is 2.09. The minimum atomic E-state index is -0.426. The molecule has 0 radical (unpaired) electrons. The number of aromatic nitrogens is 1. The maximum Gasteiger partial charge on any atom is 0.269 e. The van der Waals surface area contributed by atoms with Crippen LogP contribution in [-0.2, 0) is 16.1 Å². The van der Waals surface area contributed by atoms with E-state index >= 15 is 0 Å². The highest BCUT2D eigenvalue weighted by atomic mass is 16.6. The summed E-state index contributed by atoms with van der Waals surface area (Å²) in [5.41, 5.74) is 6.06. The number of fused-ring (bicyclic) bond motifs is 1. The standard InChI is InChI=1S/C33H35N3O4/c1-32(2)14-25-30(27(37)16-32)29(31-26(34(25)5)15-33(3,4)17-28(31)38)23-19-35(24-12-7-6-11-22(23)24)18-20-9-8-10-21(13-20)36(39)40/h6-13,19,29H,14-18H2,1-5H3. The van der Waals surface area contributed by atoms with Crippen molar-refractivity contribution in [1.29, 1.82) is 0 Å². The van der Waals surface area contributed by atoms with Gasteiger partial charge in [-0.05, 0) is 40.9 Å². The van der Waals surface area contributed by atoms with E-state index in [4.69, 9.17) is 0 Å². The molecule has 2 aliphatic carbocycles. The first kappa shape index (κ1) is 26.2. The number of carbonyl (C=O) groups excluding carboxylic acids is 2. The van der Waals surface area contributed by atoms with Crippen LogP contribution in [0.4, 0.5) is 5.69 Å². The van der Waals surface area contributed by atoms with Crippen molar-refractivity contribution in [3.05, 3.63) is 98.5 Å². The second kappa shape index (κ2) is 9.01. The minimum Gasteiger partial charge on any atom is -0.351 e. The normalized spacial score (nSPS) is 20.7. The summed E-state index contributed by atoms with van der Waals surface area (Å²) in [7, 11) is 2.02. The van der Waals surface area contributed by atoms with Crippen LogP contribution in [0.25, 0.3) is 10.9 Å². The lowest BCUT2D eigenvalue weighted by Crippen LogP contribution is -2.43. The second-order valence-electron chi connectivity index (χ2n) is 13.3. The third-order valence-electron chi connectivity index (χ3n) is 8.78. The van der Waals surface area contributed by atoms with E-state index in [-0.39, 0.29) is 33.0 Å². The molecule has 0 saturated heterocycles. The van der Waals surface area contributed by atoms with Gasteiger partial charge in [0.25, 0.3) is 5.69 Å². The smallest absolute Gasteiger partial charge is 0.269 e. The van der Waals surface area contributed by atoms with E-state index in [2.05, 4.69) is 49.4 Å². The maximum atomic E-state index is 13.9. The fraction of sp³-hybridized carbons (Fsp3) is 0.394. The molecule has 6 rings (SSSR count). The summed E-state index contributed by atoms with van der Waals surface area (Å²) in [4.78, 5) is 41.0. The first-order valence-corrected chi connectivity index (χ1v) is 13.9. The number of allylic oxidation sites excluding steroid dienone is 4. The molecular weight excluding hydrogens is 502 g/mol. The van der Waals surface area contributed by atoms with Gasteiger partial charge in [-0.3, -0.25) is 19.7 Å². The van der Waals surface area contributed by atoms with Crippen LogP contribution in [0.1, 0.15) is 70.4 Å². The zero-order valence-corrected chi connectivity index (χ0v) is 23.8. The van der Waals surface area contributed by atoms with Gasteiger partial charge in [-0.15, -0.1) is 0 Å². The average Bonchev–Trinajstić information content (AvgIpc) is 3.22. The molecule has 2 aromatic carbocycles. The monoisotopic (exact) mass is 537 g/mol. The molecule has 1 aromatic heterocycles. The molecule has 2 heterocycles. The van der Waals surface area contributed by atoms with Gasteiger partial charge in [0, 0.05) is 84.1 Å². The number of nitrogens with zero attached hydrogens (tertiary/aromatic N) is 3. The highest BCUT2D eigenvalue weighted by Gasteiger charge is 2.48. The molecule has 0 amide bonds. The number of hydrogen-bond donors (Lipinski definition) is 0. The van der Waals surface area contributed by atoms with Crippen LogP contribution in [0.15, 0.2) is 77.3 Å². The lowest BCUT2D eigenvalue weighted by atomic mass is 9.64. The van der Waals surface area contributed by atoms with Crippen LogP contribution in [0.2, 0.25) is 0 Å². The molecule has 40 heavy (non-hydrogen) atoms. The number of ketones is 2. The third-order valence-corrected chi connectivity index (χ3v) is 8.78. The lowest BCUT2D eigenvalue weighted by Gasteiger charge is -2.47. The molecule has 1 aliphatic heterocycles. The number of carbonyl (C=O) groups is 2. The van der Waals surface area contributed by atoms with Gasteiger partial charge in [-0.1, -0.05) is 58.0 Å². The quantitative estimate of drug-likeness (QED) is 0.267. The maximum absolute atomic E-state index is 13.9. The summed E-state index contributed by atoms with van der Waals surface area (Å²) in [6, 6.07) is 14.7. The molecule has 0 saturated carbocycles. The number of Topliss-reactive ketones (excluding diaryl/α,β-unsaturated/α-hetero) is 2. The number of non-ortho nitro benzene ring substituents is 1. The Morgan fingerprint density at radius 1 is 0.875 bits per heavy atom. The van der Waals surface area contributed by atoms with E-state index < -0.39 is 5.92 Å². The van der Waals surface area contributed by atoms with Crippen LogP contribution in [0.5, 0.6) is 0 Å². The number of nitro groups is 1. The molecule has 0 bridgehead atoms. The second-order valence-corrected chi connectivity index (χ2v) is 13.3. The first-order valence-electron chi connectivity index (χ1n) is 13.9. The zero-order chi connectivity index (χ0) is 28.6. The largest absolute Gasteiger partial charge is 0.351 e. The third kappa shape index (κ3) is 4.28. The van der Waals surface area contributed by atoms with Crippen molar-refractivity contribution in [1.82, 2.24) is 9.47 Å². The molecule has 0 N–H and O–H groups in total. The summed E-state index contributed by atoms with van der Waals surface area (Å²) in [5.74, 6) is -0.199. The van der Waals surface area contributed by atoms with E-state index in [1.165, 1.54) is 6.07 Å². The molecule has 3 aliphatic rings. The van der Waals surface area contributed by atoms with Gasteiger partial charge >= 0.3 is 0 Å². The van der Waals surface area contributed by atoms with Crippen molar-refractivity contribution < 1.29 is 14.5 Å². The van der Waals surface area contributed by atoms with E-state index in [1.807, 2.05) is 31.3 Å². The number of nitro benzene ring substituents is 1. The van der Waals surface area contributed by atoms with Gasteiger partial charge < -0.3 is 9.47 Å². The van der Waals surface area contributed by atoms with Gasteiger partial charge in [0.05, 0.1) is 4.92 Å². The Morgan fingerprint density at radius 2 is 1.48 bits per heavy atom. The van der Waals surface area contributed by atoms with Crippen molar-refractivity contribution in [2.75, 3.05) is 7.05 Å². The van der Waals surface area contributed by atoms with Gasteiger partial charge in [-0.25, -0.2) is 0 Å². The molecule has 0 atom stereocenters. The summed E-state index contributed by atoms with van der Waals surface area (Å²) in [5, 5.41) is 12.4. The number of rotatable bonds is 4. The molecule has 0 fully saturated rings. The Kier molecular flexibility index (Phi) is 5.91. The van der Waals surface area contributed by atoms with Gasteiger partial charge in [0.1, 0.15) is 0 Å². The molecule has 7 heteroatoms. The van der Waals surface area contributed by atoms with Gasteiger partial charge in [0.2, 0.25) is 0 Å². The van der Waals surface area contributed by atoms with Crippen molar-refractivity contribution in [3.8, 4) is 0 Å². The summed E-state index contributed by atoms with van der Waals surface area (Å²) >= 11 is 0. The molecule has 206 valence electrons. The highest BCUT2D eigenvalue weighted by molar-refractivity contribution is 6.08. The van der Waals surface area contributed by atoms with Crippen molar-refractivity contribution in [2.24, 2.45) is 10.8 Å². The lowest BCUT2D eigenvalue weighted by molar-refractivity contribution is -0.384. The van der Waals surface area contributed by atoms with Crippen LogP contribution in [0, 0.1) is 20.9 Å². The van der Waals surface area contributed by atoms with Crippen LogP contribution >= 0.6 is 0 Å². The molecular formula is C33H35N3O4. The van der Waals surface area contributed by atoms with E-state index in [9.17, 15) is 19.7 Å². The SMILES string of the molecule is CN1C2=C(C(=O)CC(C)(C)C2)C(c2cn(Cc3cccc([N+](=O)[O-])c3)c3ccccc23)C2=C1CC(C)(C)CC2=O. The van der Waals surface area contributed by atoms with Crippen LogP contribution in [-0.4, -0.2) is 33.0 Å². The number of hydrogen-bond acceptors (Lipinski definition) is 5. The van der Waals surface area contributed by atoms with Crippen LogP contribution in [0.3, 0.4) is 0 Å². The Bertz CT molecular complexity index is 1620. The Labute approximate surface area is 234 Å². The zero-order valence-electron chi connectivity index (χ0n) is 23.8. The van der Waals surface area contributed by atoms with Crippen molar-refractivity contribution in [2.45, 2.75) is 65.8 Å². The molecule has 0 unspecified atom stereocenters. The highest BCUT2D eigenvalue weighted by Crippen LogP contribution is 2.54. The Balaban J connectivity index is 1.57. The molecule has 0 spiro atoms. The average molecular weight is 538 g/mol. The van der Waals surface area contributed by atoms with E-state index in [0.29, 0.717) is 19.4 Å². The fourth-order valence-electron chi connectivity index (χ4n) is 7.08. The summed E-state index contributed by atoms with van der Waals surface area (Å²) in [6.07, 6.45) is 4.52. The van der Waals surface area contributed by atoms with E-state index in [1.54, 1.807) is 12.1 Å². The first-order chi connectivity index (χ1) is 18.8. The predicted octanol–water partition coefficient (Wildman–Crippen LogP) is 6.91. The minimum absolute atomic E-state index is 0.0555. The van der Waals surface area contributed by atoms with Crippen molar-refractivity contribution >= 4 is 28.2 Å². The van der Waals surface area contributed by atoms with Gasteiger partial charge in [-0.2, -0.15) is 0 Å². The Morgan fingerprint density at radius 3 is 2.08 bits per heavy atom. The number of para-hydroxylation sites is 1. The topological polar surface area (TPSA) is 85.4 Å². The molecule has 7 nitrogen and oxygen atoms in total.